The van der Waals surface area contributed by atoms with E-state index < -0.39 is 0 Å². The van der Waals surface area contributed by atoms with Crippen molar-refractivity contribution in [1.29, 1.82) is 0 Å². The van der Waals surface area contributed by atoms with E-state index in [1.165, 1.54) is 0 Å². The summed E-state index contributed by atoms with van der Waals surface area (Å²) < 4.78 is 0. The van der Waals surface area contributed by atoms with Gasteiger partial charge in [0.1, 0.15) is 5.82 Å². The highest BCUT2D eigenvalue weighted by atomic mass is 79.9. The third kappa shape index (κ3) is 1.59. The summed E-state index contributed by atoms with van der Waals surface area (Å²) in [5, 5.41) is 0. The molecular weight excluding hydrogens is 230 g/mol. The summed E-state index contributed by atoms with van der Waals surface area (Å²) in [5.41, 5.74) is 8.76. The van der Waals surface area contributed by atoms with Crippen LogP contribution < -0.4 is 5.73 Å². The molecule has 0 aliphatic heterocycles. The minimum atomic E-state index is -0.111. The van der Waals surface area contributed by atoms with Gasteiger partial charge in [0.2, 0.25) is 0 Å². The average molecular weight is 240 g/mol. The predicted octanol–water partition coefficient (Wildman–Crippen LogP) is 2.22. The highest BCUT2D eigenvalue weighted by Crippen LogP contribution is 2.20. The highest BCUT2D eigenvalue weighted by Gasteiger charge is 2.04. The van der Waals surface area contributed by atoms with Crippen molar-refractivity contribution in [2.24, 2.45) is 5.73 Å². The number of imidazole rings is 1. The minimum Gasteiger partial charge on any atom is -0.342 e. The summed E-state index contributed by atoms with van der Waals surface area (Å²) in [6.45, 7) is 1.94. The molecule has 3 nitrogen and oxygen atoms in total. The van der Waals surface area contributed by atoms with Crippen molar-refractivity contribution >= 4 is 27.0 Å². The first kappa shape index (κ1) is 8.72. The zero-order chi connectivity index (χ0) is 9.42. The third-order valence-electron chi connectivity index (χ3n) is 1.94. The fourth-order valence-electron chi connectivity index (χ4n) is 1.33. The van der Waals surface area contributed by atoms with Crippen LogP contribution in [0, 0.1) is 6.92 Å². The zero-order valence-electron chi connectivity index (χ0n) is 7.21. The van der Waals surface area contributed by atoms with E-state index in [1.54, 1.807) is 0 Å². The molecule has 0 bridgehead atoms. The van der Waals surface area contributed by atoms with Crippen LogP contribution in [0.2, 0.25) is 0 Å². The summed E-state index contributed by atoms with van der Waals surface area (Å²) >= 11 is 3.32. The third-order valence-corrected chi connectivity index (χ3v) is 2.47. The number of fused-ring (bicyclic) bond motifs is 1. The number of nitrogens with two attached hydrogens (primary N) is 1. The van der Waals surface area contributed by atoms with E-state index in [0.717, 1.165) is 22.4 Å². The molecule has 0 aliphatic rings. The number of aryl methyl sites for hydroxylation is 1. The van der Waals surface area contributed by atoms with Crippen molar-refractivity contribution in [3.8, 4) is 0 Å². The Balaban J connectivity index is 2.61. The molecule has 1 aromatic heterocycles. The molecule has 0 amide bonds. The van der Waals surface area contributed by atoms with Gasteiger partial charge in [0.15, 0.2) is 0 Å². The number of rotatable bonds is 1. The van der Waals surface area contributed by atoms with E-state index >= 15 is 0 Å². The van der Waals surface area contributed by atoms with Gasteiger partial charge in [0.05, 0.1) is 16.0 Å². The van der Waals surface area contributed by atoms with Gasteiger partial charge in [0.25, 0.3) is 0 Å². The lowest BCUT2D eigenvalue weighted by molar-refractivity contribution is 1.06. The van der Waals surface area contributed by atoms with Crippen LogP contribution in [0.3, 0.4) is 0 Å². The number of halogens is 1. The van der Waals surface area contributed by atoms with Gasteiger partial charge in [-0.1, -0.05) is 22.0 Å². The molecule has 0 aliphatic carbocycles. The first-order chi connectivity index (χ1) is 6.16. The molecule has 0 saturated heterocycles. The molecule has 1 heterocycles. The Hall–Kier alpha value is -0.870. The standard InChI is InChI=1S/C9H10BrN3/c1-5-12-7-3-2-6(9(10)11)4-8(7)13-5/h2-4,9H,11H2,1H3,(H,12,13). The van der Waals surface area contributed by atoms with Gasteiger partial charge in [-0.15, -0.1) is 0 Å². The van der Waals surface area contributed by atoms with E-state index in [1.807, 2.05) is 25.1 Å². The Morgan fingerprint density at radius 3 is 3.00 bits per heavy atom. The second kappa shape index (κ2) is 3.12. The lowest BCUT2D eigenvalue weighted by atomic mass is 10.2. The number of aromatic nitrogens is 2. The minimum absolute atomic E-state index is 0.111. The molecule has 0 fully saturated rings. The van der Waals surface area contributed by atoms with E-state index in [0.29, 0.717) is 0 Å². The number of alkyl halides is 1. The van der Waals surface area contributed by atoms with Gasteiger partial charge in [0, 0.05) is 0 Å². The first-order valence-corrected chi connectivity index (χ1v) is 4.94. The molecule has 0 saturated carbocycles. The lowest BCUT2D eigenvalue weighted by Gasteiger charge is -2.01. The monoisotopic (exact) mass is 239 g/mol. The zero-order valence-corrected chi connectivity index (χ0v) is 8.80. The van der Waals surface area contributed by atoms with Crippen LogP contribution in [0.4, 0.5) is 0 Å². The Bertz CT molecular complexity index is 433. The number of H-pyrrole nitrogens is 1. The number of aromatic amines is 1. The summed E-state index contributed by atoms with van der Waals surface area (Å²) in [6, 6.07) is 5.95. The van der Waals surface area contributed by atoms with Crippen LogP contribution >= 0.6 is 15.9 Å². The Labute approximate surface area is 84.5 Å². The van der Waals surface area contributed by atoms with Crippen molar-refractivity contribution < 1.29 is 0 Å². The van der Waals surface area contributed by atoms with E-state index in [-0.39, 0.29) is 4.95 Å². The molecule has 1 unspecified atom stereocenters. The Morgan fingerprint density at radius 2 is 2.31 bits per heavy atom. The molecule has 13 heavy (non-hydrogen) atoms. The van der Waals surface area contributed by atoms with Crippen LogP contribution in [0.25, 0.3) is 11.0 Å². The molecule has 1 aromatic carbocycles. The van der Waals surface area contributed by atoms with Crippen LogP contribution in [-0.4, -0.2) is 9.97 Å². The Morgan fingerprint density at radius 1 is 1.54 bits per heavy atom. The van der Waals surface area contributed by atoms with Crippen LogP contribution in [0.1, 0.15) is 16.3 Å². The largest absolute Gasteiger partial charge is 0.342 e. The van der Waals surface area contributed by atoms with Crippen LogP contribution in [0.15, 0.2) is 18.2 Å². The Kier molecular flexibility index (Phi) is 2.09. The first-order valence-electron chi connectivity index (χ1n) is 4.03. The molecule has 0 radical (unpaired) electrons. The van der Waals surface area contributed by atoms with Crippen LogP contribution in [0.5, 0.6) is 0 Å². The van der Waals surface area contributed by atoms with Crippen molar-refractivity contribution in [1.82, 2.24) is 9.97 Å². The number of nitrogens with one attached hydrogen (secondary N) is 1. The predicted molar refractivity (Wildman–Crippen MR) is 56.7 cm³/mol. The summed E-state index contributed by atoms with van der Waals surface area (Å²) in [4.78, 5) is 7.36. The fourth-order valence-corrected chi connectivity index (χ4v) is 1.61. The SMILES string of the molecule is Cc1nc2ccc(C(N)Br)cc2[nH]1. The number of hydrogen-bond acceptors (Lipinski definition) is 2. The molecule has 1 atom stereocenters. The normalized spacial score (nSPS) is 13.5. The van der Waals surface area contributed by atoms with E-state index in [4.69, 9.17) is 5.73 Å². The van der Waals surface area contributed by atoms with E-state index in [2.05, 4.69) is 25.9 Å². The van der Waals surface area contributed by atoms with Gasteiger partial charge in [-0.25, -0.2) is 4.98 Å². The average Bonchev–Trinajstić information content (AvgIpc) is 2.42. The van der Waals surface area contributed by atoms with Crippen molar-refractivity contribution in [2.75, 3.05) is 0 Å². The van der Waals surface area contributed by atoms with Crippen LogP contribution in [-0.2, 0) is 0 Å². The maximum absolute atomic E-state index is 5.69. The topological polar surface area (TPSA) is 54.7 Å². The number of nitrogens with zero attached hydrogens (tertiary/aromatic N) is 1. The second-order valence-corrected chi connectivity index (χ2v) is 3.99. The van der Waals surface area contributed by atoms with Crippen molar-refractivity contribution in [2.45, 2.75) is 11.9 Å². The van der Waals surface area contributed by atoms with Gasteiger partial charge in [-0.05, 0) is 24.6 Å². The second-order valence-electron chi connectivity index (χ2n) is 3.00. The summed E-state index contributed by atoms with van der Waals surface area (Å²) in [7, 11) is 0. The molecule has 0 spiro atoms. The molecular formula is C9H10BrN3. The molecule has 3 N–H and O–H groups in total. The van der Waals surface area contributed by atoms with E-state index in [9.17, 15) is 0 Å². The van der Waals surface area contributed by atoms with Crippen molar-refractivity contribution in [3.63, 3.8) is 0 Å². The van der Waals surface area contributed by atoms with Gasteiger partial charge >= 0.3 is 0 Å². The molecule has 2 aromatic rings. The van der Waals surface area contributed by atoms with Gasteiger partial charge in [-0.2, -0.15) is 0 Å². The summed E-state index contributed by atoms with van der Waals surface area (Å²) in [5.74, 6) is 0.926. The smallest absolute Gasteiger partial charge is 0.104 e. The molecule has 2 rings (SSSR count). The number of hydrogen-bond donors (Lipinski definition) is 2. The quantitative estimate of drug-likeness (QED) is 0.593. The van der Waals surface area contributed by atoms with Gasteiger partial charge in [-0.3, -0.25) is 0 Å². The maximum Gasteiger partial charge on any atom is 0.104 e. The maximum atomic E-state index is 5.69. The molecule has 4 heteroatoms. The lowest BCUT2D eigenvalue weighted by Crippen LogP contribution is -2.00. The summed E-state index contributed by atoms with van der Waals surface area (Å²) in [6.07, 6.45) is 0. The number of benzene rings is 1. The van der Waals surface area contributed by atoms with Crippen molar-refractivity contribution in [3.05, 3.63) is 29.6 Å². The fraction of sp³-hybridized carbons (Fsp3) is 0.222. The van der Waals surface area contributed by atoms with Gasteiger partial charge < -0.3 is 10.7 Å². The highest BCUT2D eigenvalue weighted by molar-refractivity contribution is 9.09. The molecule has 68 valence electrons.